The van der Waals surface area contributed by atoms with Gasteiger partial charge in [0.25, 0.3) is 0 Å². The largest absolute Gasteiger partial charge is 0.394 e. The highest BCUT2D eigenvalue weighted by molar-refractivity contribution is 5.88. The number of aliphatic hydroxyl groups excluding tert-OH is 12. The fraction of sp³-hybridized carbons (Fsp3) is 0.826. The topological polar surface area (TPSA) is 587 Å². The first-order chi connectivity index (χ1) is 54.6. The van der Waals surface area contributed by atoms with Crippen LogP contribution in [0.2, 0.25) is 0 Å². The van der Waals surface area contributed by atoms with Gasteiger partial charge in [0.2, 0.25) is 17.7 Å². The molecule has 4 saturated heterocycles. The molecule has 8 heterocycles. The van der Waals surface area contributed by atoms with Gasteiger partial charge in [0.1, 0.15) is 85.3 Å². The first-order valence-corrected chi connectivity index (χ1v) is 38.2. The molecule has 4 aromatic heterocycles. The molecule has 8 rings (SSSR count). The monoisotopic (exact) mass is 1630 g/mol. The maximum atomic E-state index is 15.0. The summed E-state index contributed by atoms with van der Waals surface area (Å²) in [5, 5.41) is 166. The Labute approximate surface area is 658 Å². The quantitative estimate of drug-likeness (QED) is 0.0183. The summed E-state index contributed by atoms with van der Waals surface area (Å²) < 4.78 is 75.6. The SMILES string of the molecule is CC(=O)N[C@H]1[C@H](OCCOCCn2cc(CN(CCCCC(C(=O)C(C)(C)C)N(Cc3cn(CCOCCO[C@@H]4O[C@H](CO)[C@H](O)[C@H](O)[C@H]4C)nn3)Cc3cn(CCOCCO[C@@H]4O[C@H](CO)[C@H](O)[C@H](O)[C@H]4NC(C)=O)nn3)Cc3cn(CCOCCO[C@@H]4O[C@H](CO)[C@H](O)[C@H](O)[C@H]4NC(C)=O)nn3)nn2)O[C@H](CO)[C@H](O)[C@@H]1O. The van der Waals surface area contributed by atoms with E-state index >= 15 is 0 Å². The Hall–Kier alpha value is -6.40. The van der Waals surface area contributed by atoms with Gasteiger partial charge >= 0.3 is 0 Å². The summed E-state index contributed by atoms with van der Waals surface area (Å²) in [5.41, 5.74) is 1.45. The molecule has 0 bridgehead atoms. The minimum atomic E-state index is -1.48. The van der Waals surface area contributed by atoms with Gasteiger partial charge in [-0.3, -0.25) is 29.0 Å². The fourth-order valence-electron chi connectivity index (χ4n) is 13.3. The number of hydrogen-bond donors (Lipinski definition) is 15. The molecule has 0 aliphatic carbocycles. The second-order valence-electron chi connectivity index (χ2n) is 29.4. The van der Waals surface area contributed by atoms with Gasteiger partial charge in [-0.05, 0) is 19.4 Å². The molecule has 1 unspecified atom stereocenters. The molecule has 0 aromatic carbocycles. The molecule has 0 spiro atoms. The number of rotatable bonds is 50. The summed E-state index contributed by atoms with van der Waals surface area (Å²) in [6, 6.07) is -4.05. The number of aromatic nitrogens is 12. The Morgan fingerprint density at radius 2 is 0.728 bits per heavy atom. The van der Waals surface area contributed by atoms with Gasteiger partial charge in [-0.1, -0.05) is 55.0 Å². The number of ether oxygens (including phenoxy) is 12. The van der Waals surface area contributed by atoms with Crippen LogP contribution in [0.4, 0.5) is 0 Å². The Morgan fingerprint density at radius 3 is 1.04 bits per heavy atom. The third-order valence-electron chi connectivity index (χ3n) is 19.4. The minimum Gasteiger partial charge on any atom is -0.394 e. The molecular formula is C69H117N17O28. The summed E-state index contributed by atoms with van der Waals surface area (Å²) >= 11 is 0. The van der Waals surface area contributed by atoms with Crippen LogP contribution in [-0.2, 0) is 128 Å². The van der Waals surface area contributed by atoms with Crippen molar-refractivity contribution >= 4 is 23.5 Å². The van der Waals surface area contributed by atoms with Gasteiger partial charge in [0, 0.05) is 83.1 Å². The zero-order valence-corrected chi connectivity index (χ0v) is 65.4. The molecule has 4 aliphatic heterocycles. The van der Waals surface area contributed by atoms with Crippen LogP contribution in [0.3, 0.4) is 0 Å². The van der Waals surface area contributed by atoms with E-state index in [1.165, 1.54) is 20.8 Å². The summed E-state index contributed by atoms with van der Waals surface area (Å²) in [6.07, 6.45) is -11.6. The number of carbonyl (C=O) groups excluding carboxylic acids is 4. The minimum absolute atomic E-state index is 0.0337. The number of carbonyl (C=O) groups is 4. The lowest BCUT2D eigenvalue weighted by molar-refractivity contribution is -0.284. The summed E-state index contributed by atoms with van der Waals surface area (Å²) in [5.74, 6) is -2.10. The van der Waals surface area contributed by atoms with E-state index in [2.05, 4.69) is 62.1 Å². The third-order valence-corrected chi connectivity index (χ3v) is 19.4. The van der Waals surface area contributed by atoms with Crippen molar-refractivity contribution < 1.29 is 137 Å². The van der Waals surface area contributed by atoms with Gasteiger partial charge in [-0.2, -0.15) is 0 Å². The van der Waals surface area contributed by atoms with Crippen molar-refractivity contribution in [2.75, 3.05) is 112 Å². The fourth-order valence-corrected chi connectivity index (χ4v) is 13.3. The van der Waals surface area contributed by atoms with Crippen molar-refractivity contribution in [1.82, 2.24) is 85.7 Å². The molecule has 0 saturated carbocycles. The highest BCUT2D eigenvalue weighted by Gasteiger charge is 2.49. The highest BCUT2D eigenvalue weighted by atomic mass is 16.7. The Balaban J connectivity index is 0.918. The van der Waals surface area contributed by atoms with E-state index in [1.807, 2.05) is 25.7 Å². The normalized spacial score (nSPS) is 28.5. The van der Waals surface area contributed by atoms with E-state index in [1.54, 1.807) is 50.4 Å². The smallest absolute Gasteiger partial charge is 0.217 e. The average molecular weight is 1630 g/mol. The van der Waals surface area contributed by atoms with E-state index in [4.69, 9.17) is 56.8 Å². The molecule has 45 heteroatoms. The van der Waals surface area contributed by atoms with Gasteiger partial charge in [-0.25, -0.2) is 18.7 Å². The van der Waals surface area contributed by atoms with Crippen LogP contribution in [0.15, 0.2) is 24.8 Å². The predicted octanol–water partition coefficient (Wildman–Crippen LogP) is -8.05. The number of nitrogens with zero attached hydrogens (tertiary/aromatic N) is 14. The number of ketones is 1. The van der Waals surface area contributed by atoms with E-state index in [9.17, 15) is 80.5 Å². The maximum absolute atomic E-state index is 15.0. The summed E-state index contributed by atoms with van der Waals surface area (Å²) in [4.78, 5) is 54.9. The maximum Gasteiger partial charge on any atom is 0.217 e. The zero-order valence-electron chi connectivity index (χ0n) is 65.4. The number of aliphatic hydroxyl groups is 12. The van der Waals surface area contributed by atoms with Gasteiger partial charge < -0.3 is 134 Å². The lowest BCUT2D eigenvalue weighted by atomic mass is 9.84. The molecular weight excluding hydrogens is 1510 g/mol. The standard InChI is InChI=1S/C69H117N17O28/c1-40-56(94)57(95)49(36-87)111-65(40)107-24-20-103-18-14-85-34-46(75-79-85)30-82(31-47-35-86(80-76-47)15-19-106-23-27-110-68-55(72-43(4)93)63(101)60(98)52(39-90)114-68)48(64(102)69(5,6)7)10-8-9-11-81(28-44-32-83(77-73-44)12-16-104-21-25-108-66-53(70-41(2)91)61(99)58(96)50(37-88)112-66)29-45-33-84(78-74-45)13-17-105-22-26-109-67-54(71-42(3)92)62(100)59(97)51(38-89)113-67/h32-35,40,48-63,65-68,87-90,94-101H,8-31,36-39H2,1-7H3,(H,70,91)(H,71,92)(H,72,93)/t40-,48?,49-,50-,51-,52-,53-,54-,55-,56-,57+,58+,59+,60+,61-,62-,63-,65-,66-,67-,68-/m1/s1. The van der Waals surface area contributed by atoms with Crippen molar-refractivity contribution in [1.29, 1.82) is 0 Å². The van der Waals surface area contributed by atoms with Crippen LogP contribution in [0.1, 0.15) is 90.5 Å². The molecule has 4 aliphatic rings. The molecule has 15 N–H and O–H groups in total. The molecule has 3 amide bonds. The molecule has 0 radical (unpaired) electrons. The second-order valence-corrected chi connectivity index (χ2v) is 29.4. The van der Waals surface area contributed by atoms with Crippen molar-refractivity contribution in [3.8, 4) is 0 Å². The van der Waals surface area contributed by atoms with Gasteiger partial charge in [0.15, 0.2) is 30.9 Å². The van der Waals surface area contributed by atoms with Crippen LogP contribution in [0, 0.1) is 11.3 Å². The van der Waals surface area contributed by atoms with E-state index in [-0.39, 0.29) is 118 Å². The van der Waals surface area contributed by atoms with Crippen molar-refractivity contribution in [3.05, 3.63) is 47.6 Å². The van der Waals surface area contributed by atoms with Crippen molar-refractivity contribution in [2.45, 2.75) is 243 Å². The number of Topliss-reactive ketones (excluding diaryl/α,β-unsaturated/α-hetero) is 1. The molecule has 646 valence electrons. The molecule has 45 nitrogen and oxygen atoms in total. The number of nitrogens with one attached hydrogen (secondary N) is 3. The second kappa shape index (κ2) is 46.7. The number of amides is 3. The summed E-state index contributed by atoms with van der Waals surface area (Å²) in [6.45, 7) is 12.2. The van der Waals surface area contributed by atoms with E-state index in [0.717, 1.165) is 0 Å². The molecule has 21 atom stereocenters. The Kier molecular flexibility index (Phi) is 38.1. The van der Waals surface area contributed by atoms with Crippen LogP contribution in [-0.4, -0.2) is 389 Å². The lowest BCUT2D eigenvalue weighted by Crippen LogP contribution is -2.64. The van der Waals surface area contributed by atoms with Crippen molar-refractivity contribution in [3.63, 3.8) is 0 Å². The first kappa shape index (κ1) is 93.1. The number of hydrogen-bond acceptors (Lipinski definition) is 38. The highest BCUT2D eigenvalue weighted by Crippen LogP contribution is 2.30. The van der Waals surface area contributed by atoms with Crippen LogP contribution in [0.5, 0.6) is 0 Å². The molecule has 4 aromatic rings. The van der Waals surface area contributed by atoms with E-state index < -0.39 is 178 Å². The Morgan fingerprint density at radius 1 is 0.430 bits per heavy atom. The van der Waals surface area contributed by atoms with Crippen LogP contribution < -0.4 is 16.0 Å². The first-order valence-electron chi connectivity index (χ1n) is 38.2. The van der Waals surface area contributed by atoms with Crippen LogP contribution >= 0.6 is 0 Å². The Bertz CT molecular complexity index is 3360. The average Bonchev–Trinajstić information content (AvgIpc) is 1.07. The van der Waals surface area contributed by atoms with Gasteiger partial charge in [-0.15, -0.1) is 20.4 Å². The number of unbranched alkanes of at least 4 members (excludes halogenated alkanes) is 1. The van der Waals surface area contributed by atoms with Crippen molar-refractivity contribution in [2.24, 2.45) is 11.3 Å². The predicted molar refractivity (Wildman–Crippen MR) is 386 cm³/mol. The summed E-state index contributed by atoms with van der Waals surface area (Å²) in [7, 11) is 0. The third kappa shape index (κ3) is 28.1. The molecule has 4 fully saturated rings. The molecule has 114 heavy (non-hydrogen) atoms. The zero-order chi connectivity index (χ0) is 82.6. The van der Waals surface area contributed by atoms with Gasteiger partial charge in [0.05, 0.1) is 167 Å². The van der Waals surface area contributed by atoms with Crippen LogP contribution in [0.25, 0.3) is 0 Å². The lowest BCUT2D eigenvalue weighted by Gasteiger charge is -2.42. The van der Waals surface area contributed by atoms with E-state index in [0.29, 0.717) is 68.2 Å².